The molecule has 0 atom stereocenters. The van der Waals surface area contributed by atoms with Crippen LogP contribution in [0.1, 0.15) is 23.6 Å². The molecule has 0 fully saturated rings. The molecule has 112 valence electrons. The van der Waals surface area contributed by atoms with E-state index in [1.807, 2.05) is 6.92 Å². The third kappa shape index (κ3) is 4.26. The molecule has 2 rings (SSSR count). The highest BCUT2D eigenvalue weighted by Gasteiger charge is 2.06. The Kier molecular flexibility index (Phi) is 5.28. The summed E-state index contributed by atoms with van der Waals surface area (Å²) >= 11 is 0. The first-order chi connectivity index (χ1) is 10.1. The highest BCUT2D eigenvalue weighted by atomic mass is 19.1. The molecule has 0 spiro atoms. The van der Waals surface area contributed by atoms with Crippen molar-refractivity contribution in [3.63, 3.8) is 0 Å². The number of benzene rings is 2. The Morgan fingerprint density at radius 3 is 2.57 bits per heavy atom. The van der Waals surface area contributed by atoms with Gasteiger partial charge < -0.3 is 10.1 Å². The van der Waals surface area contributed by atoms with Crippen LogP contribution in [0, 0.1) is 18.6 Å². The zero-order valence-electron chi connectivity index (χ0n) is 12.2. The minimum absolute atomic E-state index is 0.0777. The van der Waals surface area contributed by atoms with Gasteiger partial charge in [0.25, 0.3) is 0 Å². The zero-order valence-corrected chi connectivity index (χ0v) is 12.2. The topological polar surface area (TPSA) is 21.3 Å². The van der Waals surface area contributed by atoms with E-state index in [0.29, 0.717) is 23.4 Å². The molecule has 0 aliphatic carbocycles. The molecule has 0 amide bonds. The largest absolute Gasteiger partial charge is 0.489 e. The number of aryl methyl sites for hydroxylation is 1. The van der Waals surface area contributed by atoms with E-state index < -0.39 is 0 Å². The summed E-state index contributed by atoms with van der Waals surface area (Å²) < 4.78 is 32.7. The molecule has 0 bridgehead atoms. The number of hydrogen-bond acceptors (Lipinski definition) is 2. The maximum atomic E-state index is 13.8. The fraction of sp³-hybridized carbons (Fsp3) is 0.294. The molecule has 0 radical (unpaired) electrons. The van der Waals surface area contributed by atoms with Crippen LogP contribution in [0.2, 0.25) is 0 Å². The summed E-state index contributed by atoms with van der Waals surface area (Å²) in [5.74, 6) is -0.244. The van der Waals surface area contributed by atoms with Crippen LogP contribution in [0.25, 0.3) is 0 Å². The summed E-state index contributed by atoms with van der Waals surface area (Å²) in [7, 11) is 0. The SMILES string of the molecule is CCNCc1ccc(F)c(COc2ccc(C)c(F)c2)c1. The number of nitrogens with one attached hydrogen (secondary N) is 1. The predicted octanol–water partition coefficient (Wildman–Crippen LogP) is 3.96. The molecule has 21 heavy (non-hydrogen) atoms. The summed E-state index contributed by atoms with van der Waals surface area (Å²) in [6, 6.07) is 9.58. The average molecular weight is 291 g/mol. The van der Waals surface area contributed by atoms with E-state index in [1.165, 1.54) is 12.1 Å². The van der Waals surface area contributed by atoms with Crippen molar-refractivity contribution in [2.45, 2.75) is 27.0 Å². The van der Waals surface area contributed by atoms with Crippen molar-refractivity contribution in [3.8, 4) is 5.75 Å². The van der Waals surface area contributed by atoms with Gasteiger partial charge in [-0.2, -0.15) is 0 Å². The fourth-order valence-corrected chi connectivity index (χ4v) is 1.94. The van der Waals surface area contributed by atoms with E-state index in [1.54, 1.807) is 31.2 Å². The Labute approximate surface area is 123 Å². The summed E-state index contributed by atoms with van der Waals surface area (Å²) in [6.45, 7) is 5.31. The van der Waals surface area contributed by atoms with Gasteiger partial charge in [0, 0.05) is 18.2 Å². The first-order valence-electron chi connectivity index (χ1n) is 6.97. The first-order valence-corrected chi connectivity index (χ1v) is 6.97. The van der Waals surface area contributed by atoms with Crippen LogP contribution in [-0.2, 0) is 13.2 Å². The third-order valence-electron chi connectivity index (χ3n) is 3.23. The van der Waals surface area contributed by atoms with E-state index >= 15 is 0 Å². The minimum Gasteiger partial charge on any atom is -0.489 e. The van der Waals surface area contributed by atoms with E-state index in [2.05, 4.69) is 5.32 Å². The third-order valence-corrected chi connectivity index (χ3v) is 3.23. The molecule has 2 aromatic rings. The highest BCUT2D eigenvalue weighted by Crippen LogP contribution is 2.18. The van der Waals surface area contributed by atoms with E-state index in [0.717, 1.165) is 12.1 Å². The maximum absolute atomic E-state index is 13.8. The molecule has 0 aliphatic rings. The van der Waals surface area contributed by atoms with E-state index in [-0.39, 0.29) is 18.2 Å². The summed E-state index contributed by atoms with van der Waals surface area (Å²) in [6.07, 6.45) is 0. The van der Waals surface area contributed by atoms with Crippen LogP contribution in [0.5, 0.6) is 5.75 Å². The molecule has 4 heteroatoms. The van der Waals surface area contributed by atoms with Gasteiger partial charge in [-0.05, 0) is 42.8 Å². The lowest BCUT2D eigenvalue weighted by Crippen LogP contribution is -2.12. The number of ether oxygens (including phenoxy) is 1. The Morgan fingerprint density at radius 1 is 1.05 bits per heavy atom. The second-order valence-corrected chi connectivity index (χ2v) is 4.91. The van der Waals surface area contributed by atoms with Crippen LogP contribution >= 0.6 is 0 Å². The van der Waals surface area contributed by atoms with Gasteiger partial charge in [0.1, 0.15) is 24.0 Å². The molecule has 0 heterocycles. The lowest BCUT2D eigenvalue weighted by Gasteiger charge is -2.10. The normalized spacial score (nSPS) is 10.7. The molecule has 1 N–H and O–H groups in total. The van der Waals surface area contributed by atoms with Crippen molar-refractivity contribution in [2.75, 3.05) is 6.54 Å². The lowest BCUT2D eigenvalue weighted by atomic mass is 10.1. The fourth-order valence-electron chi connectivity index (χ4n) is 1.94. The second-order valence-electron chi connectivity index (χ2n) is 4.91. The summed E-state index contributed by atoms with van der Waals surface area (Å²) in [5.41, 5.74) is 2.01. The first kappa shape index (κ1) is 15.4. The van der Waals surface area contributed by atoms with Crippen molar-refractivity contribution >= 4 is 0 Å². The second kappa shape index (κ2) is 7.18. The van der Waals surface area contributed by atoms with E-state index in [4.69, 9.17) is 4.74 Å². The lowest BCUT2D eigenvalue weighted by molar-refractivity contribution is 0.298. The molecule has 2 aromatic carbocycles. The Hall–Kier alpha value is -1.94. The van der Waals surface area contributed by atoms with Crippen molar-refractivity contribution in [3.05, 3.63) is 64.7 Å². The van der Waals surface area contributed by atoms with Gasteiger partial charge in [-0.3, -0.25) is 0 Å². The molecular formula is C17H19F2NO. The van der Waals surface area contributed by atoms with Crippen LogP contribution in [0.3, 0.4) is 0 Å². The Bertz CT molecular complexity index is 614. The van der Waals surface area contributed by atoms with Crippen LogP contribution < -0.4 is 10.1 Å². The van der Waals surface area contributed by atoms with Crippen molar-refractivity contribution in [2.24, 2.45) is 0 Å². The molecular weight excluding hydrogens is 272 g/mol. The Morgan fingerprint density at radius 2 is 1.86 bits per heavy atom. The molecule has 0 saturated heterocycles. The van der Waals surface area contributed by atoms with Crippen molar-refractivity contribution < 1.29 is 13.5 Å². The minimum atomic E-state index is -0.325. The van der Waals surface area contributed by atoms with Crippen molar-refractivity contribution in [1.29, 1.82) is 0 Å². The predicted molar refractivity (Wildman–Crippen MR) is 79.2 cm³/mol. The molecule has 0 saturated carbocycles. The molecule has 0 aromatic heterocycles. The standard InChI is InChI=1S/C17H19F2NO/c1-3-20-10-13-5-7-16(18)14(8-13)11-21-15-6-4-12(2)17(19)9-15/h4-9,20H,3,10-11H2,1-2H3. The number of rotatable bonds is 6. The van der Waals surface area contributed by atoms with Gasteiger partial charge in [-0.15, -0.1) is 0 Å². The molecule has 0 unspecified atom stereocenters. The van der Waals surface area contributed by atoms with Gasteiger partial charge in [0.2, 0.25) is 0 Å². The van der Waals surface area contributed by atoms with Gasteiger partial charge in [-0.25, -0.2) is 8.78 Å². The van der Waals surface area contributed by atoms with Gasteiger partial charge in [-0.1, -0.05) is 19.1 Å². The van der Waals surface area contributed by atoms with Crippen molar-refractivity contribution in [1.82, 2.24) is 5.32 Å². The zero-order chi connectivity index (χ0) is 15.2. The number of halogens is 2. The van der Waals surface area contributed by atoms with Crippen LogP contribution in [0.15, 0.2) is 36.4 Å². The highest BCUT2D eigenvalue weighted by molar-refractivity contribution is 5.29. The van der Waals surface area contributed by atoms with E-state index in [9.17, 15) is 8.78 Å². The molecule has 2 nitrogen and oxygen atoms in total. The van der Waals surface area contributed by atoms with Gasteiger partial charge in [0.15, 0.2) is 0 Å². The Balaban J connectivity index is 2.06. The molecule has 0 aliphatic heterocycles. The summed E-state index contributed by atoms with van der Waals surface area (Å²) in [4.78, 5) is 0. The number of hydrogen-bond donors (Lipinski definition) is 1. The van der Waals surface area contributed by atoms with Gasteiger partial charge in [0.05, 0.1) is 0 Å². The smallest absolute Gasteiger partial charge is 0.129 e. The summed E-state index contributed by atoms with van der Waals surface area (Å²) in [5, 5.41) is 3.19. The van der Waals surface area contributed by atoms with Gasteiger partial charge >= 0.3 is 0 Å². The average Bonchev–Trinajstić information content (AvgIpc) is 2.48. The van der Waals surface area contributed by atoms with Crippen LogP contribution in [-0.4, -0.2) is 6.54 Å². The monoisotopic (exact) mass is 291 g/mol. The van der Waals surface area contributed by atoms with Crippen LogP contribution in [0.4, 0.5) is 8.78 Å². The quantitative estimate of drug-likeness (QED) is 0.869. The maximum Gasteiger partial charge on any atom is 0.129 e.